The minimum absolute atomic E-state index is 0.0894. The van der Waals surface area contributed by atoms with Crippen LogP contribution in [0.3, 0.4) is 0 Å². The molecule has 0 spiro atoms. The SMILES string of the molecule is COc1cc2c(Oc3cc(C)c(C)nc3-c3ccccn3)ccnc2cc1OCCO. The van der Waals surface area contributed by atoms with Crippen LogP contribution in [0.25, 0.3) is 22.3 Å². The van der Waals surface area contributed by atoms with Gasteiger partial charge in [0.1, 0.15) is 18.1 Å². The van der Waals surface area contributed by atoms with Gasteiger partial charge in [-0.2, -0.15) is 0 Å². The Kier molecular flexibility index (Phi) is 5.95. The Balaban J connectivity index is 1.81. The van der Waals surface area contributed by atoms with Crippen LogP contribution in [-0.4, -0.2) is 40.4 Å². The minimum atomic E-state index is -0.0894. The molecule has 31 heavy (non-hydrogen) atoms. The second-order valence-corrected chi connectivity index (χ2v) is 6.96. The van der Waals surface area contributed by atoms with Crippen LogP contribution in [0.2, 0.25) is 0 Å². The van der Waals surface area contributed by atoms with E-state index in [2.05, 4.69) is 9.97 Å². The number of pyridine rings is 3. The first kappa shape index (κ1) is 20.6. The van der Waals surface area contributed by atoms with E-state index in [1.165, 1.54) is 0 Å². The van der Waals surface area contributed by atoms with E-state index >= 15 is 0 Å². The van der Waals surface area contributed by atoms with E-state index in [4.69, 9.17) is 24.3 Å². The first-order valence-electron chi connectivity index (χ1n) is 9.88. The first-order valence-corrected chi connectivity index (χ1v) is 9.88. The van der Waals surface area contributed by atoms with Crippen LogP contribution in [0.15, 0.2) is 54.9 Å². The van der Waals surface area contributed by atoms with Crippen LogP contribution in [0, 0.1) is 13.8 Å². The summed E-state index contributed by atoms with van der Waals surface area (Å²) in [5, 5.41) is 9.83. The molecule has 4 aromatic rings. The summed E-state index contributed by atoms with van der Waals surface area (Å²) in [6.45, 7) is 4.04. The Morgan fingerprint density at radius 2 is 1.77 bits per heavy atom. The average molecular weight is 417 g/mol. The van der Waals surface area contributed by atoms with E-state index in [-0.39, 0.29) is 13.2 Å². The number of fused-ring (bicyclic) bond motifs is 1. The zero-order valence-electron chi connectivity index (χ0n) is 17.6. The van der Waals surface area contributed by atoms with Crippen molar-refractivity contribution in [1.29, 1.82) is 0 Å². The molecule has 0 fully saturated rings. The van der Waals surface area contributed by atoms with E-state index in [0.717, 1.165) is 22.3 Å². The third kappa shape index (κ3) is 4.27. The summed E-state index contributed by atoms with van der Waals surface area (Å²) in [5.41, 5.74) is 4.02. The Morgan fingerprint density at radius 3 is 2.52 bits per heavy atom. The smallest absolute Gasteiger partial charge is 0.163 e. The Labute approximate surface area is 180 Å². The number of nitrogens with zero attached hydrogens (tertiary/aromatic N) is 3. The van der Waals surface area contributed by atoms with E-state index in [1.807, 2.05) is 44.2 Å². The Hall–Kier alpha value is -3.71. The summed E-state index contributed by atoms with van der Waals surface area (Å²) < 4.78 is 17.4. The molecule has 0 saturated carbocycles. The van der Waals surface area contributed by atoms with Gasteiger partial charge in [-0.05, 0) is 49.7 Å². The monoisotopic (exact) mass is 417 g/mol. The van der Waals surface area contributed by atoms with E-state index in [9.17, 15) is 0 Å². The highest BCUT2D eigenvalue weighted by Gasteiger charge is 2.16. The van der Waals surface area contributed by atoms with Crippen molar-refractivity contribution >= 4 is 10.9 Å². The molecule has 0 saturated heterocycles. The average Bonchev–Trinajstić information content (AvgIpc) is 2.80. The maximum atomic E-state index is 9.06. The minimum Gasteiger partial charge on any atom is -0.493 e. The van der Waals surface area contributed by atoms with Crippen LogP contribution in [0.4, 0.5) is 0 Å². The highest BCUT2D eigenvalue weighted by atomic mass is 16.5. The van der Waals surface area contributed by atoms with Gasteiger partial charge in [-0.15, -0.1) is 0 Å². The Bertz CT molecular complexity index is 1210. The van der Waals surface area contributed by atoms with Crippen LogP contribution in [0.1, 0.15) is 11.3 Å². The zero-order chi connectivity index (χ0) is 21.8. The number of benzene rings is 1. The molecule has 7 heteroatoms. The lowest BCUT2D eigenvalue weighted by atomic mass is 10.1. The van der Waals surface area contributed by atoms with Gasteiger partial charge in [0.2, 0.25) is 0 Å². The van der Waals surface area contributed by atoms with Gasteiger partial charge in [-0.1, -0.05) is 6.07 Å². The van der Waals surface area contributed by atoms with Crippen molar-refractivity contribution in [3.05, 3.63) is 66.1 Å². The van der Waals surface area contributed by atoms with E-state index in [1.54, 1.807) is 31.6 Å². The summed E-state index contributed by atoms with van der Waals surface area (Å²) in [4.78, 5) is 13.6. The molecule has 4 rings (SSSR count). The molecule has 7 nitrogen and oxygen atoms in total. The fourth-order valence-corrected chi connectivity index (χ4v) is 3.21. The fourth-order valence-electron chi connectivity index (χ4n) is 3.21. The number of aliphatic hydroxyl groups excluding tert-OH is 1. The molecule has 0 aliphatic rings. The van der Waals surface area contributed by atoms with Gasteiger partial charge in [0.05, 0.1) is 24.9 Å². The third-order valence-corrected chi connectivity index (χ3v) is 4.89. The van der Waals surface area contributed by atoms with Gasteiger partial charge in [0, 0.05) is 29.5 Å². The summed E-state index contributed by atoms with van der Waals surface area (Å²) in [5.74, 6) is 2.26. The molecule has 0 atom stereocenters. The number of methoxy groups -OCH3 is 1. The highest BCUT2D eigenvalue weighted by molar-refractivity contribution is 5.88. The summed E-state index contributed by atoms with van der Waals surface area (Å²) in [6.07, 6.45) is 3.41. The molecule has 3 aromatic heterocycles. The van der Waals surface area contributed by atoms with Gasteiger partial charge in [0.15, 0.2) is 17.2 Å². The van der Waals surface area contributed by atoms with Gasteiger partial charge in [-0.3, -0.25) is 9.97 Å². The first-order chi connectivity index (χ1) is 15.1. The number of aryl methyl sites for hydroxylation is 2. The van der Waals surface area contributed by atoms with E-state index in [0.29, 0.717) is 34.2 Å². The molecular formula is C24H23N3O4. The lowest BCUT2D eigenvalue weighted by Crippen LogP contribution is -2.03. The van der Waals surface area contributed by atoms with E-state index < -0.39 is 0 Å². The van der Waals surface area contributed by atoms with Crippen molar-refractivity contribution in [1.82, 2.24) is 15.0 Å². The standard InChI is InChI=1S/C24H23N3O4/c1-15-12-23(24(27-16(15)2)18-6-4-5-8-25-18)31-20-7-9-26-19-14-22(30-11-10-28)21(29-3)13-17(19)20/h4-9,12-14,28H,10-11H2,1-3H3. The maximum absolute atomic E-state index is 9.06. The normalized spacial score (nSPS) is 10.8. The van der Waals surface area contributed by atoms with Crippen molar-refractivity contribution in [3.63, 3.8) is 0 Å². The molecule has 1 N–H and O–H groups in total. The van der Waals surface area contributed by atoms with Crippen LogP contribution in [0.5, 0.6) is 23.0 Å². The summed E-state index contributed by atoms with van der Waals surface area (Å²) in [6, 6.07) is 13.0. The van der Waals surface area contributed by atoms with Gasteiger partial charge in [-0.25, -0.2) is 4.98 Å². The molecule has 0 aliphatic carbocycles. The molecule has 0 bridgehead atoms. The number of ether oxygens (including phenoxy) is 3. The van der Waals surface area contributed by atoms with Crippen molar-refractivity contribution in [2.75, 3.05) is 20.3 Å². The highest BCUT2D eigenvalue weighted by Crippen LogP contribution is 2.39. The number of aliphatic hydroxyl groups is 1. The molecule has 0 amide bonds. The topological polar surface area (TPSA) is 86.6 Å². The van der Waals surface area contributed by atoms with Crippen molar-refractivity contribution < 1.29 is 19.3 Å². The van der Waals surface area contributed by atoms with Gasteiger partial charge in [0.25, 0.3) is 0 Å². The lowest BCUT2D eigenvalue weighted by Gasteiger charge is -2.15. The van der Waals surface area contributed by atoms with Crippen LogP contribution < -0.4 is 14.2 Å². The Morgan fingerprint density at radius 1 is 0.903 bits per heavy atom. The number of hydrogen-bond donors (Lipinski definition) is 1. The fraction of sp³-hybridized carbons (Fsp3) is 0.208. The second-order valence-electron chi connectivity index (χ2n) is 6.96. The van der Waals surface area contributed by atoms with Gasteiger partial charge < -0.3 is 19.3 Å². The van der Waals surface area contributed by atoms with Gasteiger partial charge >= 0.3 is 0 Å². The molecule has 0 radical (unpaired) electrons. The maximum Gasteiger partial charge on any atom is 0.163 e. The lowest BCUT2D eigenvalue weighted by molar-refractivity contribution is 0.196. The number of aromatic nitrogens is 3. The van der Waals surface area contributed by atoms with Crippen molar-refractivity contribution in [2.45, 2.75) is 13.8 Å². The molecular weight excluding hydrogens is 394 g/mol. The summed E-state index contributed by atoms with van der Waals surface area (Å²) in [7, 11) is 1.57. The van der Waals surface area contributed by atoms with Crippen molar-refractivity contribution in [2.24, 2.45) is 0 Å². The molecule has 3 heterocycles. The van der Waals surface area contributed by atoms with Crippen molar-refractivity contribution in [3.8, 4) is 34.4 Å². The molecule has 158 valence electrons. The zero-order valence-corrected chi connectivity index (χ0v) is 17.6. The predicted octanol–water partition coefficient (Wildman–Crippen LogP) is 4.48. The molecule has 0 unspecified atom stereocenters. The largest absolute Gasteiger partial charge is 0.493 e. The summed E-state index contributed by atoms with van der Waals surface area (Å²) >= 11 is 0. The van der Waals surface area contributed by atoms with Crippen LogP contribution >= 0.6 is 0 Å². The van der Waals surface area contributed by atoms with Crippen LogP contribution in [-0.2, 0) is 0 Å². The number of rotatable bonds is 7. The molecule has 1 aromatic carbocycles. The number of hydrogen-bond acceptors (Lipinski definition) is 7. The molecule has 0 aliphatic heterocycles. The third-order valence-electron chi connectivity index (χ3n) is 4.89. The second kappa shape index (κ2) is 8.97. The quantitative estimate of drug-likeness (QED) is 0.474. The predicted molar refractivity (Wildman–Crippen MR) is 118 cm³/mol.